The van der Waals surface area contributed by atoms with Crippen molar-refractivity contribution >= 4 is 11.8 Å². The molecule has 0 radical (unpaired) electrons. The number of piperidine rings is 1. The topological polar surface area (TPSA) is 61.9 Å². The van der Waals surface area contributed by atoms with Gasteiger partial charge >= 0.3 is 0 Å². The molecule has 3 fully saturated rings. The molecule has 0 aromatic carbocycles. The van der Waals surface area contributed by atoms with Crippen LogP contribution in [-0.2, 0) is 14.3 Å². The lowest BCUT2D eigenvalue weighted by Crippen LogP contribution is -2.48. The molecule has 2 heterocycles. The summed E-state index contributed by atoms with van der Waals surface area (Å²) in [5.41, 5.74) is 0. The van der Waals surface area contributed by atoms with Crippen LogP contribution < -0.4 is 5.32 Å². The van der Waals surface area contributed by atoms with Gasteiger partial charge in [0.2, 0.25) is 11.8 Å². The van der Waals surface area contributed by atoms with Gasteiger partial charge in [-0.15, -0.1) is 0 Å². The van der Waals surface area contributed by atoms with Crippen LogP contribution in [0.4, 0.5) is 0 Å². The van der Waals surface area contributed by atoms with Crippen LogP contribution in [0, 0.1) is 5.92 Å². The van der Waals surface area contributed by atoms with Crippen LogP contribution in [0.1, 0.15) is 25.7 Å². The average molecular weight is 295 g/mol. The van der Waals surface area contributed by atoms with Gasteiger partial charge in [-0.3, -0.25) is 14.5 Å². The van der Waals surface area contributed by atoms with Crippen LogP contribution >= 0.6 is 0 Å². The highest BCUT2D eigenvalue weighted by Gasteiger charge is 2.30. The summed E-state index contributed by atoms with van der Waals surface area (Å²) in [5, 5.41) is 3.02. The van der Waals surface area contributed by atoms with E-state index in [0.717, 1.165) is 51.9 Å². The molecule has 6 nitrogen and oxygen atoms in total. The lowest BCUT2D eigenvalue weighted by Gasteiger charge is -2.35. The molecule has 6 heteroatoms. The number of morpholine rings is 1. The zero-order valence-corrected chi connectivity index (χ0v) is 12.6. The second-order valence-corrected chi connectivity index (χ2v) is 6.33. The van der Waals surface area contributed by atoms with Crippen molar-refractivity contribution in [3.63, 3.8) is 0 Å². The van der Waals surface area contributed by atoms with Gasteiger partial charge in [-0.25, -0.2) is 0 Å². The zero-order valence-electron chi connectivity index (χ0n) is 12.6. The minimum Gasteiger partial charge on any atom is -0.378 e. The van der Waals surface area contributed by atoms with Crippen LogP contribution in [0.25, 0.3) is 0 Å². The van der Waals surface area contributed by atoms with Gasteiger partial charge in [-0.05, 0) is 38.8 Å². The lowest BCUT2D eigenvalue weighted by atomic mass is 9.95. The Morgan fingerprint density at radius 3 is 2.29 bits per heavy atom. The molecule has 0 bridgehead atoms. The van der Waals surface area contributed by atoms with Crippen molar-refractivity contribution in [2.45, 2.75) is 31.7 Å². The number of rotatable bonds is 4. The number of nitrogens with zero attached hydrogens (tertiary/aromatic N) is 2. The highest BCUT2D eigenvalue weighted by Crippen LogP contribution is 2.21. The maximum atomic E-state index is 12.4. The minimum atomic E-state index is 0.130. The summed E-state index contributed by atoms with van der Waals surface area (Å²) in [5.74, 6) is 0.543. The molecule has 21 heavy (non-hydrogen) atoms. The van der Waals surface area contributed by atoms with Gasteiger partial charge in [0.1, 0.15) is 0 Å². The van der Waals surface area contributed by atoms with E-state index in [0.29, 0.717) is 25.8 Å². The minimum absolute atomic E-state index is 0.130. The standard InChI is InChI=1S/C15H25N3O3/c19-14(16-13-1-2-13)11-17-5-3-12(4-6-17)15(20)18-7-9-21-10-8-18/h12-13H,1-11H2,(H,16,19). The molecule has 3 rings (SSSR count). The second-order valence-electron chi connectivity index (χ2n) is 6.33. The fraction of sp³-hybridized carbons (Fsp3) is 0.867. The van der Waals surface area contributed by atoms with E-state index in [9.17, 15) is 9.59 Å². The third-order valence-electron chi connectivity index (χ3n) is 4.57. The van der Waals surface area contributed by atoms with E-state index in [1.54, 1.807) is 0 Å². The lowest BCUT2D eigenvalue weighted by molar-refractivity contribution is -0.141. The van der Waals surface area contributed by atoms with E-state index in [-0.39, 0.29) is 17.7 Å². The fourth-order valence-electron chi connectivity index (χ4n) is 3.08. The average Bonchev–Trinajstić information content (AvgIpc) is 3.32. The van der Waals surface area contributed by atoms with Gasteiger partial charge in [0, 0.05) is 25.0 Å². The Balaban J connectivity index is 1.39. The monoisotopic (exact) mass is 295 g/mol. The van der Waals surface area contributed by atoms with Gasteiger partial charge in [0.25, 0.3) is 0 Å². The van der Waals surface area contributed by atoms with Crippen molar-refractivity contribution < 1.29 is 14.3 Å². The van der Waals surface area contributed by atoms with Gasteiger partial charge < -0.3 is 15.0 Å². The highest BCUT2D eigenvalue weighted by atomic mass is 16.5. The van der Waals surface area contributed by atoms with E-state index < -0.39 is 0 Å². The van der Waals surface area contributed by atoms with Crippen molar-refractivity contribution in [3.05, 3.63) is 0 Å². The molecule has 1 N–H and O–H groups in total. The van der Waals surface area contributed by atoms with Crippen molar-refractivity contribution in [1.82, 2.24) is 15.1 Å². The molecule has 2 amide bonds. The Morgan fingerprint density at radius 2 is 1.67 bits per heavy atom. The van der Waals surface area contributed by atoms with Crippen LogP contribution in [0.2, 0.25) is 0 Å². The van der Waals surface area contributed by atoms with Gasteiger partial charge in [-0.2, -0.15) is 0 Å². The summed E-state index contributed by atoms with van der Waals surface area (Å²) in [6.07, 6.45) is 3.99. The summed E-state index contributed by atoms with van der Waals surface area (Å²) in [6.45, 7) is 4.94. The molecule has 0 unspecified atom stereocenters. The molecule has 1 aliphatic carbocycles. The highest BCUT2D eigenvalue weighted by molar-refractivity contribution is 5.80. The Kier molecular flexibility index (Phi) is 4.75. The first-order valence-corrected chi connectivity index (χ1v) is 8.10. The van der Waals surface area contributed by atoms with E-state index >= 15 is 0 Å². The molecular formula is C15H25N3O3. The Hall–Kier alpha value is -1.14. The summed E-state index contributed by atoms with van der Waals surface area (Å²) in [4.78, 5) is 28.3. The Bertz CT molecular complexity index is 384. The number of nitrogens with one attached hydrogen (secondary N) is 1. The van der Waals surface area contributed by atoms with E-state index in [4.69, 9.17) is 4.74 Å². The van der Waals surface area contributed by atoms with Crippen LogP contribution in [0.3, 0.4) is 0 Å². The molecule has 2 aliphatic heterocycles. The molecule has 0 aromatic heterocycles. The summed E-state index contributed by atoms with van der Waals surface area (Å²) >= 11 is 0. The first kappa shape index (κ1) is 14.8. The SMILES string of the molecule is O=C(CN1CCC(C(=O)N2CCOCC2)CC1)NC1CC1. The van der Waals surface area contributed by atoms with Gasteiger partial charge in [0.15, 0.2) is 0 Å². The van der Waals surface area contributed by atoms with E-state index in [2.05, 4.69) is 10.2 Å². The number of hydrogen-bond acceptors (Lipinski definition) is 4. The van der Waals surface area contributed by atoms with E-state index in [1.165, 1.54) is 0 Å². The van der Waals surface area contributed by atoms with Gasteiger partial charge in [0.05, 0.1) is 19.8 Å². The predicted octanol–water partition coefficient (Wildman–Crippen LogP) is -0.164. The summed E-state index contributed by atoms with van der Waals surface area (Å²) in [7, 11) is 0. The molecule has 0 atom stereocenters. The first-order chi connectivity index (χ1) is 10.2. The molecule has 0 aromatic rings. The molecular weight excluding hydrogens is 270 g/mol. The first-order valence-electron chi connectivity index (χ1n) is 8.10. The van der Waals surface area contributed by atoms with Crippen molar-refractivity contribution in [3.8, 4) is 0 Å². The second kappa shape index (κ2) is 6.75. The number of hydrogen-bond donors (Lipinski definition) is 1. The Morgan fingerprint density at radius 1 is 1.00 bits per heavy atom. The third kappa shape index (κ3) is 4.17. The van der Waals surface area contributed by atoms with Crippen molar-refractivity contribution in [1.29, 1.82) is 0 Å². The van der Waals surface area contributed by atoms with E-state index in [1.807, 2.05) is 4.90 Å². The summed E-state index contributed by atoms with van der Waals surface area (Å²) < 4.78 is 5.29. The maximum Gasteiger partial charge on any atom is 0.234 e. The fourth-order valence-corrected chi connectivity index (χ4v) is 3.08. The Labute approximate surface area is 125 Å². The van der Waals surface area contributed by atoms with Crippen molar-refractivity contribution in [2.24, 2.45) is 5.92 Å². The van der Waals surface area contributed by atoms with Crippen LogP contribution in [0.5, 0.6) is 0 Å². The largest absolute Gasteiger partial charge is 0.378 e. The number of ether oxygens (including phenoxy) is 1. The van der Waals surface area contributed by atoms with Crippen LogP contribution in [-0.4, -0.2) is 73.6 Å². The number of carbonyl (C=O) groups is 2. The predicted molar refractivity (Wildman–Crippen MR) is 77.7 cm³/mol. The van der Waals surface area contributed by atoms with Crippen LogP contribution in [0.15, 0.2) is 0 Å². The molecule has 1 saturated carbocycles. The molecule has 2 saturated heterocycles. The van der Waals surface area contributed by atoms with Gasteiger partial charge in [-0.1, -0.05) is 0 Å². The third-order valence-corrected chi connectivity index (χ3v) is 4.57. The maximum absolute atomic E-state index is 12.4. The zero-order chi connectivity index (χ0) is 14.7. The number of carbonyl (C=O) groups excluding carboxylic acids is 2. The normalized spacial score (nSPS) is 24.9. The quantitative estimate of drug-likeness (QED) is 0.782. The van der Waals surface area contributed by atoms with Crippen molar-refractivity contribution in [2.75, 3.05) is 45.9 Å². The molecule has 118 valence electrons. The number of amides is 2. The number of likely N-dealkylation sites (tertiary alicyclic amines) is 1. The smallest absolute Gasteiger partial charge is 0.234 e. The molecule has 0 spiro atoms. The molecule has 3 aliphatic rings. The summed E-state index contributed by atoms with van der Waals surface area (Å²) in [6, 6.07) is 0.429.